The van der Waals surface area contributed by atoms with Crippen molar-refractivity contribution in [3.63, 3.8) is 0 Å². The minimum absolute atomic E-state index is 0.0866. The maximum absolute atomic E-state index is 10.9. The lowest BCUT2D eigenvalue weighted by atomic mass is 9.96. The summed E-state index contributed by atoms with van der Waals surface area (Å²) < 4.78 is 5.75. The second-order valence-corrected chi connectivity index (χ2v) is 4.31. The van der Waals surface area contributed by atoms with E-state index in [2.05, 4.69) is 0 Å². The van der Waals surface area contributed by atoms with Crippen molar-refractivity contribution in [2.45, 2.75) is 24.9 Å². The number of carbonyl (C=O) groups is 1. The summed E-state index contributed by atoms with van der Waals surface area (Å²) in [4.78, 5) is 10.9. The average molecular weight is 204 g/mol. The van der Waals surface area contributed by atoms with Crippen molar-refractivity contribution in [2.24, 2.45) is 5.92 Å². The van der Waals surface area contributed by atoms with Crippen LogP contribution in [0.1, 0.15) is 24.3 Å². The van der Waals surface area contributed by atoms with Crippen LogP contribution in [0.3, 0.4) is 0 Å². The number of hydrogen-bond acceptors (Lipinski definition) is 2. The first-order valence-corrected chi connectivity index (χ1v) is 5.24. The molecule has 1 N–H and O–H groups in total. The second kappa shape index (κ2) is 2.99. The molecule has 15 heavy (non-hydrogen) atoms. The third-order valence-corrected chi connectivity index (χ3v) is 3.45. The van der Waals surface area contributed by atoms with Gasteiger partial charge in [-0.2, -0.15) is 0 Å². The van der Waals surface area contributed by atoms with Crippen molar-refractivity contribution in [2.75, 3.05) is 0 Å². The van der Waals surface area contributed by atoms with Gasteiger partial charge in [0.2, 0.25) is 0 Å². The summed E-state index contributed by atoms with van der Waals surface area (Å²) in [5, 5.41) is 8.96. The van der Waals surface area contributed by atoms with Gasteiger partial charge in [0.05, 0.1) is 5.92 Å². The average Bonchev–Trinajstić information content (AvgIpc) is 2.73. The molecule has 0 radical (unpaired) electrons. The van der Waals surface area contributed by atoms with Gasteiger partial charge in [0.25, 0.3) is 0 Å². The Bertz CT molecular complexity index is 413. The van der Waals surface area contributed by atoms with Crippen LogP contribution >= 0.6 is 0 Å². The van der Waals surface area contributed by atoms with Crippen LogP contribution in [0.25, 0.3) is 0 Å². The molecule has 1 aromatic carbocycles. The van der Waals surface area contributed by atoms with Gasteiger partial charge in [-0.15, -0.1) is 0 Å². The fourth-order valence-electron chi connectivity index (χ4n) is 2.72. The van der Waals surface area contributed by atoms with E-state index >= 15 is 0 Å². The van der Waals surface area contributed by atoms with E-state index in [-0.39, 0.29) is 12.0 Å². The molecule has 1 aliphatic carbocycles. The molecule has 0 amide bonds. The molecule has 1 fully saturated rings. The van der Waals surface area contributed by atoms with Crippen LogP contribution in [0, 0.1) is 5.92 Å². The van der Waals surface area contributed by atoms with Crippen LogP contribution in [0.2, 0.25) is 0 Å². The molecule has 3 rings (SSSR count). The zero-order valence-electron chi connectivity index (χ0n) is 8.22. The number of para-hydroxylation sites is 1. The third kappa shape index (κ3) is 1.23. The van der Waals surface area contributed by atoms with Crippen molar-refractivity contribution in [1.82, 2.24) is 0 Å². The van der Waals surface area contributed by atoms with Crippen LogP contribution in [-0.4, -0.2) is 17.2 Å². The van der Waals surface area contributed by atoms with Crippen LogP contribution < -0.4 is 4.74 Å². The summed E-state index contributed by atoms with van der Waals surface area (Å²) in [7, 11) is 0. The molecule has 1 aliphatic heterocycles. The number of benzene rings is 1. The number of carboxylic acid groups (broad SMARTS) is 1. The summed E-state index contributed by atoms with van der Waals surface area (Å²) in [5.41, 5.74) is 1.19. The van der Waals surface area contributed by atoms with Crippen LogP contribution in [0.15, 0.2) is 24.3 Å². The maximum Gasteiger partial charge on any atom is 0.306 e. The van der Waals surface area contributed by atoms with Gasteiger partial charge in [-0.25, -0.2) is 0 Å². The Hall–Kier alpha value is -1.51. The molecule has 0 bridgehead atoms. The summed E-state index contributed by atoms with van der Waals surface area (Å²) in [6.07, 6.45) is 1.45. The summed E-state index contributed by atoms with van der Waals surface area (Å²) >= 11 is 0. The highest BCUT2D eigenvalue weighted by molar-refractivity contribution is 5.71. The number of ether oxygens (including phenoxy) is 1. The quantitative estimate of drug-likeness (QED) is 0.761. The summed E-state index contributed by atoms with van der Waals surface area (Å²) in [6.45, 7) is 0. The molecule has 0 spiro atoms. The zero-order valence-corrected chi connectivity index (χ0v) is 8.22. The lowest BCUT2D eigenvalue weighted by Crippen LogP contribution is -2.14. The Morgan fingerprint density at radius 1 is 1.33 bits per heavy atom. The van der Waals surface area contributed by atoms with Gasteiger partial charge in [0.1, 0.15) is 11.9 Å². The van der Waals surface area contributed by atoms with E-state index in [1.54, 1.807) is 0 Å². The molecular formula is C12H12O3. The minimum atomic E-state index is -0.689. The van der Waals surface area contributed by atoms with Crippen molar-refractivity contribution in [1.29, 1.82) is 0 Å². The highest BCUT2D eigenvalue weighted by Crippen LogP contribution is 2.48. The molecule has 78 valence electrons. The molecule has 0 saturated heterocycles. The molecule has 2 aliphatic rings. The van der Waals surface area contributed by atoms with Gasteiger partial charge in [0, 0.05) is 11.5 Å². The molecule has 3 unspecified atom stereocenters. The largest absolute Gasteiger partial charge is 0.489 e. The lowest BCUT2D eigenvalue weighted by Gasteiger charge is -2.07. The Labute approximate surface area is 87.7 Å². The molecular weight excluding hydrogens is 192 g/mol. The van der Waals surface area contributed by atoms with E-state index in [0.29, 0.717) is 12.3 Å². The standard InChI is InChI=1S/C12H12O3/c13-12(14)7-5-9-8-3-1-2-4-10(8)15-11(9)6-7/h1-4,7,9,11H,5-6H2,(H,13,14). The minimum Gasteiger partial charge on any atom is -0.489 e. The first kappa shape index (κ1) is 8.77. The number of carboxylic acids is 1. The molecule has 1 saturated carbocycles. The maximum atomic E-state index is 10.9. The van der Waals surface area contributed by atoms with Crippen molar-refractivity contribution < 1.29 is 14.6 Å². The Kier molecular flexibility index (Phi) is 1.75. The molecule has 3 heteroatoms. The summed E-state index contributed by atoms with van der Waals surface area (Å²) in [6, 6.07) is 7.95. The van der Waals surface area contributed by atoms with Crippen molar-refractivity contribution in [3.05, 3.63) is 29.8 Å². The van der Waals surface area contributed by atoms with Gasteiger partial charge in [0.15, 0.2) is 0 Å². The van der Waals surface area contributed by atoms with Gasteiger partial charge in [-0.05, 0) is 18.9 Å². The van der Waals surface area contributed by atoms with E-state index < -0.39 is 5.97 Å². The third-order valence-electron chi connectivity index (χ3n) is 3.45. The normalized spacial score (nSPS) is 31.9. The van der Waals surface area contributed by atoms with E-state index in [1.807, 2.05) is 24.3 Å². The van der Waals surface area contributed by atoms with E-state index in [1.165, 1.54) is 5.56 Å². The predicted octanol–water partition coefficient (Wildman–Crippen LogP) is 2.03. The van der Waals surface area contributed by atoms with E-state index in [9.17, 15) is 4.79 Å². The first-order chi connectivity index (χ1) is 7.25. The molecule has 1 heterocycles. The molecule has 0 aromatic heterocycles. The Balaban J connectivity index is 1.91. The number of aliphatic carboxylic acids is 1. The highest BCUT2D eigenvalue weighted by Gasteiger charge is 2.44. The fourth-order valence-corrected chi connectivity index (χ4v) is 2.72. The van der Waals surface area contributed by atoms with Crippen LogP contribution in [-0.2, 0) is 4.79 Å². The zero-order chi connectivity index (χ0) is 10.4. The number of rotatable bonds is 1. The fraction of sp³-hybridized carbons (Fsp3) is 0.417. The Morgan fingerprint density at radius 3 is 2.93 bits per heavy atom. The van der Waals surface area contributed by atoms with Gasteiger partial charge >= 0.3 is 5.97 Å². The topological polar surface area (TPSA) is 46.5 Å². The van der Waals surface area contributed by atoms with E-state index in [4.69, 9.17) is 9.84 Å². The number of fused-ring (bicyclic) bond motifs is 3. The van der Waals surface area contributed by atoms with Crippen molar-refractivity contribution in [3.8, 4) is 5.75 Å². The predicted molar refractivity (Wildman–Crippen MR) is 54.0 cm³/mol. The van der Waals surface area contributed by atoms with E-state index in [0.717, 1.165) is 12.2 Å². The first-order valence-electron chi connectivity index (χ1n) is 5.24. The van der Waals surface area contributed by atoms with Gasteiger partial charge < -0.3 is 9.84 Å². The van der Waals surface area contributed by atoms with Crippen LogP contribution in [0.4, 0.5) is 0 Å². The number of hydrogen-bond donors (Lipinski definition) is 1. The smallest absolute Gasteiger partial charge is 0.306 e. The van der Waals surface area contributed by atoms with Gasteiger partial charge in [-0.3, -0.25) is 4.79 Å². The lowest BCUT2D eigenvalue weighted by molar-refractivity contribution is -0.141. The van der Waals surface area contributed by atoms with Crippen LogP contribution in [0.5, 0.6) is 5.75 Å². The molecule has 3 atom stereocenters. The SMILES string of the molecule is O=C(O)C1CC2Oc3ccccc3C2C1. The van der Waals surface area contributed by atoms with Gasteiger partial charge in [-0.1, -0.05) is 18.2 Å². The monoisotopic (exact) mass is 204 g/mol. The van der Waals surface area contributed by atoms with Crippen molar-refractivity contribution >= 4 is 5.97 Å². The Morgan fingerprint density at radius 2 is 2.13 bits per heavy atom. The molecule has 1 aromatic rings. The second-order valence-electron chi connectivity index (χ2n) is 4.31. The summed E-state index contributed by atoms with van der Waals surface area (Å²) in [5.74, 6) is 0.317. The highest BCUT2D eigenvalue weighted by atomic mass is 16.5. The molecule has 3 nitrogen and oxygen atoms in total.